The maximum absolute atomic E-state index is 14.4. The van der Waals surface area contributed by atoms with Gasteiger partial charge in [-0.3, -0.25) is 0 Å². The van der Waals surface area contributed by atoms with Gasteiger partial charge in [0.15, 0.2) is 0 Å². The van der Waals surface area contributed by atoms with Crippen LogP contribution in [-0.2, 0) is 0 Å². The van der Waals surface area contributed by atoms with Crippen LogP contribution < -0.4 is 9.81 Å². The molecule has 0 fully saturated rings. The summed E-state index contributed by atoms with van der Waals surface area (Å²) < 4.78 is 70.0. The molecule has 3 aromatic carbocycles. The van der Waals surface area contributed by atoms with E-state index < -0.39 is 54.1 Å². The van der Waals surface area contributed by atoms with Gasteiger partial charge in [0.25, 0.3) is 0 Å². The second kappa shape index (κ2) is 6.98. The molecule has 0 aliphatic heterocycles. The van der Waals surface area contributed by atoms with Crippen LogP contribution in [0.25, 0.3) is 0 Å². The minimum atomic E-state index is -3.68. The monoisotopic (exact) mass is 530 g/mol. The van der Waals surface area contributed by atoms with Crippen molar-refractivity contribution in [1.82, 2.24) is 0 Å². The Morgan fingerprint density at radius 1 is 0.458 bits per heavy atom. The molecule has 0 amide bonds. The summed E-state index contributed by atoms with van der Waals surface area (Å²) in [6.07, 6.45) is 0. The Morgan fingerprint density at radius 2 is 0.792 bits per heavy atom. The molecule has 24 heavy (non-hydrogen) atoms. The van der Waals surface area contributed by atoms with E-state index in [2.05, 4.69) is 0 Å². The van der Waals surface area contributed by atoms with Crippen molar-refractivity contribution < 1.29 is 22.0 Å². The van der Waals surface area contributed by atoms with Gasteiger partial charge in [-0.1, -0.05) is 0 Å². The predicted octanol–water partition coefficient (Wildman–Crippen LogP) is 2.90. The van der Waals surface area contributed by atoms with Gasteiger partial charge < -0.3 is 0 Å². The normalized spacial score (nSPS) is 11.1. The Hall–Kier alpha value is -1.81. The molecule has 0 radical (unpaired) electrons. The van der Waals surface area contributed by atoms with Crippen LogP contribution in [0.3, 0.4) is 0 Å². The molecule has 0 saturated carbocycles. The first-order valence-corrected chi connectivity index (χ1v) is 12.2. The van der Waals surface area contributed by atoms with E-state index >= 15 is 0 Å². The van der Waals surface area contributed by atoms with Gasteiger partial charge in [0.05, 0.1) is 0 Å². The summed E-state index contributed by atoms with van der Waals surface area (Å²) in [5.74, 6) is -9.36. The first-order chi connectivity index (χ1) is 11.5. The minimum absolute atomic E-state index is 0.627. The van der Waals surface area contributed by atoms with E-state index in [1.54, 1.807) is 60.7 Å². The SMILES string of the molecule is Fc1c(F)c(F)[c]([Bi]([c]2ccccc2)[c]2ccccc2)c(F)c1F. The van der Waals surface area contributed by atoms with Gasteiger partial charge in [-0.25, -0.2) is 0 Å². The van der Waals surface area contributed by atoms with Crippen molar-refractivity contribution in [3.8, 4) is 0 Å². The van der Waals surface area contributed by atoms with Crippen LogP contribution in [0.2, 0.25) is 0 Å². The molecule has 0 aliphatic carbocycles. The number of rotatable bonds is 3. The van der Waals surface area contributed by atoms with Crippen molar-refractivity contribution in [1.29, 1.82) is 0 Å². The van der Waals surface area contributed by atoms with Crippen molar-refractivity contribution in [2.75, 3.05) is 0 Å². The average molecular weight is 530 g/mol. The molecule has 0 nitrogen and oxygen atoms in total. The van der Waals surface area contributed by atoms with Gasteiger partial charge >= 0.3 is 143 Å². The number of benzene rings is 3. The van der Waals surface area contributed by atoms with Crippen LogP contribution in [-0.4, -0.2) is 21.8 Å². The third-order valence-electron chi connectivity index (χ3n) is 3.44. The zero-order valence-corrected chi connectivity index (χ0v) is 15.6. The molecule has 122 valence electrons. The summed E-state index contributed by atoms with van der Waals surface area (Å²) in [5.41, 5.74) is 0. The molecule has 0 heterocycles. The molecule has 0 saturated heterocycles. The van der Waals surface area contributed by atoms with Crippen molar-refractivity contribution in [3.05, 3.63) is 89.7 Å². The summed E-state index contributed by atoms with van der Waals surface area (Å²) in [6, 6.07) is 16.9. The Bertz CT molecular complexity index is 797. The molecule has 0 atom stereocenters. The summed E-state index contributed by atoms with van der Waals surface area (Å²) in [5, 5.41) is 0. The van der Waals surface area contributed by atoms with Gasteiger partial charge in [0.1, 0.15) is 0 Å². The molecule has 6 heteroatoms. The molecule has 0 spiro atoms. The fourth-order valence-electron chi connectivity index (χ4n) is 2.35. The standard InChI is InChI=1S/C6F5.2C6H5.Bi/c7-2-1-3(8)5(10)6(11)4(2)9;2*1-2-4-6-5-3-1;/h;2*1-5H;. The second-order valence-electron chi connectivity index (χ2n) is 4.93. The number of halogens is 5. The van der Waals surface area contributed by atoms with Crippen molar-refractivity contribution in [3.63, 3.8) is 0 Å². The molecule has 0 unspecified atom stereocenters. The van der Waals surface area contributed by atoms with E-state index in [0.717, 1.165) is 0 Å². The Morgan fingerprint density at radius 3 is 1.17 bits per heavy atom. The van der Waals surface area contributed by atoms with E-state index in [1.165, 1.54) is 0 Å². The molecule has 0 aromatic heterocycles. The molecule has 0 aliphatic rings. The van der Waals surface area contributed by atoms with Crippen molar-refractivity contribution in [2.45, 2.75) is 0 Å². The fourth-order valence-corrected chi connectivity index (χ4v) is 11.5. The third-order valence-corrected chi connectivity index (χ3v) is 13.0. The Labute approximate surface area is 143 Å². The molecule has 3 rings (SSSR count). The van der Waals surface area contributed by atoms with Crippen LogP contribution >= 0.6 is 0 Å². The van der Waals surface area contributed by atoms with E-state index in [1.807, 2.05) is 0 Å². The predicted molar refractivity (Wildman–Crippen MR) is 83.8 cm³/mol. The summed E-state index contributed by atoms with van der Waals surface area (Å²) in [4.78, 5) is 0. The van der Waals surface area contributed by atoms with E-state index in [9.17, 15) is 22.0 Å². The summed E-state index contributed by atoms with van der Waals surface area (Å²) >= 11 is -3.68. The van der Waals surface area contributed by atoms with Crippen LogP contribution in [0.4, 0.5) is 22.0 Å². The van der Waals surface area contributed by atoms with E-state index in [-0.39, 0.29) is 0 Å². The van der Waals surface area contributed by atoms with Crippen LogP contribution in [0.15, 0.2) is 60.7 Å². The van der Waals surface area contributed by atoms with Crippen molar-refractivity contribution in [2.24, 2.45) is 0 Å². The molecular weight excluding hydrogens is 520 g/mol. The molecular formula is C18H10BiF5. The van der Waals surface area contributed by atoms with Gasteiger partial charge in [0, 0.05) is 0 Å². The molecule has 0 bridgehead atoms. The topological polar surface area (TPSA) is 0 Å². The van der Waals surface area contributed by atoms with Crippen LogP contribution in [0, 0.1) is 29.1 Å². The van der Waals surface area contributed by atoms with E-state index in [0.29, 0.717) is 6.54 Å². The number of hydrogen-bond donors (Lipinski definition) is 0. The van der Waals surface area contributed by atoms with Gasteiger partial charge in [-0.05, 0) is 0 Å². The summed E-state index contributed by atoms with van der Waals surface area (Å²) in [6.45, 7) is 0. The van der Waals surface area contributed by atoms with Crippen molar-refractivity contribution >= 4 is 31.6 Å². The quantitative estimate of drug-likeness (QED) is 0.212. The van der Waals surface area contributed by atoms with Gasteiger partial charge in [0.2, 0.25) is 0 Å². The van der Waals surface area contributed by atoms with Gasteiger partial charge in [-0.15, -0.1) is 0 Å². The Kier molecular flexibility index (Phi) is 4.95. The first kappa shape index (κ1) is 17.0. The first-order valence-electron chi connectivity index (χ1n) is 6.94. The fraction of sp³-hybridized carbons (Fsp3) is 0. The average Bonchev–Trinajstić information content (AvgIpc) is 2.63. The zero-order chi connectivity index (χ0) is 17.3. The second-order valence-corrected chi connectivity index (χ2v) is 13.3. The zero-order valence-electron chi connectivity index (χ0n) is 12.1. The van der Waals surface area contributed by atoms with Crippen LogP contribution in [0.5, 0.6) is 0 Å². The third kappa shape index (κ3) is 2.95. The number of hydrogen-bond acceptors (Lipinski definition) is 0. The van der Waals surface area contributed by atoms with Gasteiger partial charge in [-0.2, -0.15) is 0 Å². The Balaban J connectivity index is 2.33. The van der Waals surface area contributed by atoms with E-state index in [4.69, 9.17) is 0 Å². The summed E-state index contributed by atoms with van der Waals surface area (Å²) in [7, 11) is 0. The maximum atomic E-state index is 14.4. The van der Waals surface area contributed by atoms with Crippen LogP contribution in [0.1, 0.15) is 0 Å². The molecule has 0 N–H and O–H groups in total. The molecule has 3 aromatic rings.